The first-order chi connectivity index (χ1) is 6.58. The molecular formula is C10H9NO3. The molecule has 0 bridgehead atoms. The number of fused-ring (bicyclic) bond motifs is 1. The second-order valence-corrected chi connectivity index (χ2v) is 3.19. The van der Waals surface area contributed by atoms with Crippen LogP contribution in [0.1, 0.15) is 5.56 Å². The van der Waals surface area contributed by atoms with Crippen LogP contribution in [0, 0.1) is 6.92 Å². The van der Waals surface area contributed by atoms with E-state index in [1.807, 2.05) is 0 Å². The number of anilines is 1. The molecule has 0 fully saturated rings. The molecule has 1 aromatic heterocycles. The molecule has 0 aliphatic rings. The van der Waals surface area contributed by atoms with Crippen LogP contribution in [0.4, 0.5) is 5.69 Å². The highest BCUT2D eigenvalue weighted by Crippen LogP contribution is 2.26. The normalized spacial score (nSPS) is 10.6. The SMILES string of the molecule is Cc1cc(O)c2cc(N)c(=O)oc2c1. The maximum atomic E-state index is 11.1. The fourth-order valence-corrected chi connectivity index (χ4v) is 1.35. The van der Waals surface area contributed by atoms with Crippen LogP contribution in [-0.4, -0.2) is 5.11 Å². The first-order valence-corrected chi connectivity index (χ1v) is 4.11. The highest BCUT2D eigenvalue weighted by Gasteiger charge is 2.06. The van der Waals surface area contributed by atoms with Crippen LogP contribution in [0.3, 0.4) is 0 Å². The number of hydrogen-bond donors (Lipinski definition) is 2. The maximum absolute atomic E-state index is 11.1. The van der Waals surface area contributed by atoms with Gasteiger partial charge in [0.1, 0.15) is 17.0 Å². The van der Waals surface area contributed by atoms with Crippen molar-refractivity contribution >= 4 is 16.7 Å². The number of hydrogen-bond acceptors (Lipinski definition) is 4. The second-order valence-electron chi connectivity index (χ2n) is 3.19. The molecule has 72 valence electrons. The lowest BCUT2D eigenvalue weighted by Gasteiger charge is -2.02. The molecule has 1 heterocycles. The average Bonchev–Trinajstić information content (AvgIpc) is 2.08. The highest BCUT2D eigenvalue weighted by molar-refractivity contribution is 5.85. The third-order valence-corrected chi connectivity index (χ3v) is 2.00. The molecule has 0 saturated heterocycles. The number of aryl methyl sites for hydroxylation is 1. The Morgan fingerprint density at radius 2 is 2.07 bits per heavy atom. The number of phenols is 1. The van der Waals surface area contributed by atoms with Gasteiger partial charge in [-0.1, -0.05) is 0 Å². The van der Waals surface area contributed by atoms with Crippen LogP contribution in [-0.2, 0) is 0 Å². The van der Waals surface area contributed by atoms with Crippen LogP contribution in [0.5, 0.6) is 5.75 Å². The lowest BCUT2D eigenvalue weighted by molar-refractivity contribution is 0.478. The van der Waals surface area contributed by atoms with Crippen molar-refractivity contribution in [3.63, 3.8) is 0 Å². The Morgan fingerprint density at radius 3 is 2.79 bits per heavy atom. The third kappa shape index (κ3) is 1.21. The molecular weight excluding hydrogens is 182 g/mol. The fraction of sp³-hybridized carbons (Fsp3) is 0.100. The van der Waals surface area contributed by atoms with Crippen molar-refractivity contribution in [1.29, 1.82) is 0 Å². The van der Waals surface area contributed by atoms with Gasteiger partial charge >= 0.3 is 5.63 Å². The van der Waals surface area contributed by atoms with E-state index in [1.165, 1.54) is 6.07 Å². The molecule has 0 atom stereocenters. The average molecular weight is 191 g/mol. The quantitative estimate of drug-likeness (QED) is 0.617. The van der Waals surface area contributed by atoms with Gasteiger partial charge in [0, 0.05) is 0 Å². The molecule has 4 heteroatoms. The summed E-state index contributed by atoms with van der Waals surface area (Å²) in [6, 6.07) is 4.67. The van der Waals surface area contributed by atoms with Gasteiger partial charge < -0.3 is 15.3 Å². The van der Waals surface area contributed by atoms with E-state index in [-0.39, 0.29) is 11.4 Å². The summed E-state index contributed by atoms with van der Waals surface area (Å²) in [7, 11) is 0. The smallest absolute Gasteiger partial charge is 0.359 e. The van der Waals surface area contributed by atoms with Crippen molar-refractivity contribution in [2.24, 2.45) is 0 Å². The summed E-state index contributed by atoms with van der Waals surface area (Å²) < 4.78 is 4.91. The highest BCUT2D eigenvalue weighted by atomic mass is 16.4. The Kier molecular flexibility index (Phi) is 1.70. The summed E-state index contributed by atoms with van der Waals surface area (Å²) in [5, 5.41) is 10.0. The molecule has 1 aromatic carbocycles. The predicted octanol–water partition coefficient (Wildman–Crippen LogP) is 1.39. The van der Waals surface area contributed by atoms with E-state index in [0.717, 1.165) is 5.56 Å². The van der Waals surface area contributed by atoms with Gasteiger partial charge in [0.2, 0.25) is 0 Å². The Hall–Kier alpha value is -1.97. The monoisotopic (exact) mass is 191 g/mol. The zero-order valence-corrected chi connectivity index (χ0v) is 7.57. The molecule has 2 aromatic rings. The van der Waals surface area contributed by atoms with E-state index in [1.54, 1.807) is 19.1 Å². The fourth-order valence-electron chi connectivity index (χ4n) is 1.35. The van der Waals surface area contributed by atoms with Crippen molar-refractivity contribution in [1.82, 2.24) is 0 Å². The Balaban J connectivity index is 2.96. The van der Waals surface area contributed by atoms with Gasteiger partial charge in [-0.3, -0.25) is 0 Å². The minimum Gasteiger partial charge on any atom is -0.507 e. The Bertz CT molecular complexity index is 557. The zero-order valence-electron chi connectivity index (χ0n) is 7.57. The van der Waals surface area contributed by atoms with Gasteiger partial charge in [0.15, 0.2) is 0 Å². The number of benzene rings is 1. The molecule has 4 nitrogen and oxygen atoms in total. The van der Waals surface area contributed by atoms with Crippen LogP contribution in [0.25, 0.3) is 11.0 Å². The van der Waals surface area contributed by atoms with Crippen LogP contribution >= 0.6 is 0 Å². The third-order valence-electron chi connectivity index (χ3n) is 2.00. The maximum Gasteiger partial charge on any atom is 0.359 e. The van der Waals surface area contributed by atoms with Gasteiger partial charge in [-0.05, 0) is 30.7 Å². The summed E-state index contributed by atoms with van der Waals surface area (Å²) in [4.78, 5) is 11.1. The Morgan fingerprint density at radius 1 is 1.36 bits per heavy atom. The number of rotatable bonds is 0. The van der Waals surface area contributed by atoms with E-state index in [2.05, 4.69) is 0 Å². The van der Waals surface area contributed by atoms with E-state index < -0.39 is 5.63 Å². The first-order valence-electron chi connectivity index (χ1n) is 4.11. The molecule has 0 unspecified atom stereocenters. The molecule has 0 saturated carbocycles. The molecule has 2 rings (SSSR count). The first kappa shape index (κ1) is 8.62. The van der Waals surface area contributed by atoms with Crippen molar-refractivity contribution in [2.75, 3.05) is 5.73 Å². The molecule has 0 aliphatic heterocycles. The summed E-state index contributed by atoms with van der Waals surface area (Å²) >= 11 is 0. The minimum absolute atomic E-state index is 0.00310. The second kappa shape index (κ2) is 2.77. The van der Waals surface area contributed by atoms with Gasteiger partial charge in [0.05, 0.1) is 5.39 Å². The largest absolute Gasteiger partial charge is 0.507 e. The molecule has 0 aliphatic carbocycles. The lowest BCUT2D eigenvalue weighted by atomic mass is 10.1. The molecule has 0 radical (unpaired) electrons. The summed E-state index contributed by atoms with van der Waals surface area (Å²) in [6.45, 7) is 1.80. The molecule has 0 spiro atoms. The van der Waals surface area contributed by atoms with E-state index >= 15 is 0 Å². The van der Waals surface area contributed by atoms with Crippen molar-refractivity contribution < 1.29 is 9.52 Å². The van der Waals surface area contributed by atoms with Crippen molar-refractivity contribution in [3.05, 3.63) is 34.2 Å². The summed E-state index contributed by atoms with van der Waals surface area (Å²) in [5.74, 6) is 0.0652. The van der Waals surface area contributed by atoms with Crippen LogP contribution in [0.15, 0.2) is 27.4 Å². The number of nitrogen functional groups attached to an aromatic ring is 1. The molecule has 14 heavy (non-hydrogen) atoms. The Labute approximate surface area is 79.6 Å². The van der Waals surface area contributed by atoms with Crippen LogP contribution in [0.2, 0.25) is 0 Å². The van der Waals surface area contributed by atoms with Gasteiger partial charge in [-0.2, -0.15) is 0 Å². The summed E-state index contributed by atoms with van der Waals surface area (Å²) in [6.07, 6.45) is 0. The number of phenolic OH excluding ortho intramolecular Hbond substituents is 1. The van der Waals surface area contributed by atoms with Crippen LogP contribution < -0.4 is 11.4 Å². The van der Waals surface area contributed by atoms with Gasteiger partial charge in [0.25, 0.3) is 0 Å². The van der Waals surface area contributed by atoms with Crippen molar-refractivity contribution in [3.8, 4) is 5.75 Å². The standard InChI is InChI=1S/C10H9NO3/c1-5-2-8(12)6-4-7(11)10(13)14-9(6)3-5/h2-4,12H,11H2,1H3. The van der Waals surface area contributed by atoms with Gasteiger partial charge in [-0.25, -0.2) is 4.79 Å². The predicted molar refractivity (Wildman–Crippen MR) is 53.3 cm³/mol. The zero-order chi connectivity index (χ0) is 10.3. The topological polar surface area (TPSA) is 76.5 Å². The number of nitrogens with two attached hydrogens (primary N) is 1. The minimum atomic E-state index is -0.581. The van der Waals surface area contributed by atoms with E-state index in [0.29, 0.717) is 11.0 Å². The number of aromatic hydroxyl groups is 1. The molecule has 3 N–H and O–H groups in total. The summed E-state index contributed by atoms with van der Waals surface area (Å²) in [5.41, 5.74) is 5.96. The molecule has 0 amide bonds. The van der Waals surface area contributed by atoms with Gasteiger partial charge in [-0.15, -0.1) is 0 Å². The van der Waals surface area contributed by atoms with E-state index in [4.69, 9.17) is 10.2 Å². The lowest BCUT2D eigenvalue weighted by Crippen LogP contribution is -2.05. The van der Waals surface area contributed by atoms with E-state index in [9.17, 15) is 9.90 Å². The van der Waals surface area contributed by atoms with Crippen molar-refractivity contribution in [2.45, 2.75) is 6.92 Å².